The summed E-state index contributed by atoms with van der Waals surface area (Å²) in [5.74, 6) is 2.06. The van der Waals surface area contributed by atoms with E-state index >= 15 is 0 Å². The van der Waals surface area contributed by atoms with Gasteiger partial charge in [-0.25, -0.2) is 4.98 Å². The monoisotopic (exact) mass is 249 g/mol. The van der Waals surface area contributed by atoms with Gasteiger partial charge >= 0.3 is 0 Å². The average molecular weight is 249 g/mol. The van der Waals surface area contributed by atoms with Crippen molar-refractivity contribution in [3.8, 4) is 0 Å². The highest BCUT2D eigenvalue weighted by atomic mass is 16.1. The quantitative estimate of drug-likeness (QED) is 0.892. The molecule has 18 heavy (non-hydrogen) atoms. The topological polar surface area (TPSA) is 46.9 Å². The van der Waals surface area contributed by atoms with Crippen molar-refractivity contribution in [2.45, 2.75) is 46.1 Å². The molecule has 100 valence electrons. The van der Waals surface area contributed by atoms with E-state index in [2.05, 4.69) is 17.2 Å². The molecule has 1 N–H and O–H groups in total. The Hall–Kier alpha value is -1.32. The van der Waals surface area contributed by atoms with E-state index in [1.165, 1.54) is 25.7 Å². The molecule has 1 aliphatic carbocycles. The standard InChI is InChI=1S/C14H23N3O/c1-3-17-9-8-15-13(14(17)18)16-10-12-6-4-11(2)5-7-12/h8-9,11-12H,3-7,10H2,1-2H3,(H,15,16). The van der Waals surface area contributed by atoms with Crippen molar-refractivity contribution in [1.29, 1.82) is 0 Å². The Morgan fingerprint density at radius 2 is 2.11 bits per heavy atom. The largest absolute Gasteiger partial charge is 0.365 e. The number of aromatic nitrogens is 2. The molecule has 0 aromatic carbocycles. The van der Waals surface area contributed by atoms with Gasteiger partial charge in [-0.3, -0.25) is 4.79 Å². The predicted molar refractivity (Wildman–Crippen MR) is 73.8 cm³/mol. The Labute approximate surface area is 108 Å². The van der Waals surface area contributed by atoms with Crippen LogP contribution in [-0.4, -0.2) is 16.1 Å². The summed E-state index contributed by atoms with van der Waals surface area (Å²) in [6.07, 6.45) is 8.58. The summed E-state index contributed by atoms with van der Waals surface area (Å²) in [5, 5.41) is 3.23. The maximum atomic E-state index is 12.0. The van der Waals surface area contributed by atoms with Gasteiger partial charge in [-0.05, 0) is 31.6 Å². The maximum absolute atomic E-state index is 12.0. The Kier molecular flexibility index (Phi) is 4.39. The number of rotatable bonds is 4. The molecule has 1 heterocycles. The summed E-state index contributed by atoms with van der Waals surface area (Å²) >= 11 is 0. The Morgan fingerprint density at radius 1 is 1.39 bits per heavy atom. The summed E-state index contributed by atoms with van der Waals surface area (Å²) in [5.41, 5.74) is -0.0100. The number of nitrogens with zero attached hydrogens (tertiary/aromatic N) is 2. The molecule has 1 aliphatic rings. The molecule has 0 unspecified atom stereocenters. The van der Waals surface area contributed by atoms with Gasteiger partial charge in [0.15, 0.2) is 5.82 Å². The molecule has 0 spiro atoms. The fourth-order valence-corrected chi connectivity index (χ4v) is 2.59. The first-order valence-electron chi connectivity index (χ1n) is 7.00. The molecule has 0 radical (unpaired) electrons. The van der Waals surface area contributed by atoms with Crippen LogP contribution in [0.25, 0.3) is 0 Å². The Balaban J connectivity index is 1.92. The molecule has 1 saturated carbocycles. The maximum Gasteiger partial charge on any atom is 0.293 e. The van der Waals surface area contributed by atoms with Crippen LogP contribution >= 0.6 is 0 Å². The number of hydrogen-bond donors (Lipinski definition) is 1. The van der Waals surface area contributed by atoms with Crippen LogP contribution in [-0.2, 0) is 6.54 Å². The first-order valence-corrected chi connectivity index (χ1v) is 7.00. The molecule has 4 nitrogen and oxygen atoms in total. The van der Waals surface area contributed by atoms with Crippen LogP contribution in [0.15, 0.2) is 17.2 Å². The minimum absolute atomic E-state index is 0.0100. The number of aryl methyl sites for hydroxylation is 1. The lowest BCUT2D eigenvalue weighted by Gasteiger charge is -2.26. The molecule has 1 fully saturated rings. The fourth-order valence-electron chi connectivity index (χ4n) is 2.59. The van der Waals surface area contributed by atoms with Crippen molar-refractivity contribution in [3.63, 3.8) is 0 Å². The van der Waals surface area contributed by atoms with E-state index in [-0.39, 0.29) is 5.56 Å². The van der Waals surface area contributed by atoms with Crippen LogP contribution < -0.4 is 10.9 Å². The van der Waals surface area contributed by atoms with Gasteiger partial charge in [-0.2, -0.15) is 0 Å². The van der Waals surface area contributed by atoms with Crippen molar-refractivity contribution in [1.82, 2.24) is 9.55 Å². The van der Waals surface area contributed by atoms with Gasteiger partial charge in [-0.1, -0.05) is 19.8 Å². The minimum atomic E-state index is -0.0100. The van der Waals surface area contributed by atoms with E-state index in [4.69, 9.17) is 0 Å². The third-order valence-electron chi connectivity index (χ3n) is 3.95. The molecular formula is C14H23N3O. The van der Waals surface area contributed by atoms with Crippen molar-refractivity contribution < 1.29 is 0 Å². The summed E-state index contributed by atoms with van der Waals surface area (Å²) in [4.78, 5) is 16.1. The van der Waals surface area contributed by atoms with E-state index in [0.717, 1.165) is 12.5 Å². The van der Waals surface area contributed by atoms with Crippen LogP contribution in [0.3, 0.4) is 0 Å². The molecule has 0 bridgehead atoms. The van der Waals surface area contributed by atoms with Crippen LogP contribution in [0.5, 0.6) is 0 Å². The molecule has 0 saturated heterocycles. The number of nitrogens with one attached hydrogen (secondary N) is 1. The van der Waals surface area contributed by atoms with Crippen LogP contribution in [0.1, 0.15) is 39.5 Å². The summed E-state index contributed by atoms with van der Waals surface area (Å²) < 4.78 is 1.68. The van der Waals surface area contributed by atoms with Crippen LogP contribution in [0.2, 0.25) is 0 Å². The smallest absolute Gasteiger partial charge is 0.293 e. The lowest BCUT2D eigenvalue weighted by atomic mass is 9.83. The van der Waals surface area contributed by atoms with Gasteiger partial charge < -0.3 is 9.88 Å². The third-order valence-corrected chi connectivity index (χ3v) is 3.95. The first kappa shape index (κ1) is 13.1. The second-order valence-electron chi connectivity index (χ2n) is 5.37. The molecule has 2 rings (SSSR count). The van der Waals surface area contributed by atoms with Gasteiger partial charge in [-0.15, -0.1) is 0 Å². The highest BCUT2D eigenvalue weighted by Gasteiger charge is 2.18. The summed E-state index contributed by atoms with van der Waals surface area (Å²) in [7, 11) is 0. The van der Waals surface area contributed by atoms with Gasteiger partial charge in [0.05, 0.1) is 0 Å². The van der Waals surface area contributed by atoms with Crippen molar-refractivity contribution >= 4 is 5.82 Å². The summed E-state index contributed by atoms with van der Waals surface area (Å²) in [6.45, 7) is 5.86. The van der Waals surface area contributed by atoms with E-state index in [1.807, 2.05) is 6.92 Å². The van der Waals surface area contributed by atoms with Gasteiger partial charge in [0, 0.05) is 25.5 Å². The lowest BCUT2D eigenvalue weighted by Crippen LogP contribution is -2.27. The Morgan fingerprint density at radius 3 is 2.78 bits per heavy atom. The molecule has 0 aliphatic heterocycles. The number of anilines is 1. The molecule has 1 aromatic heterocycles. The normalized spacial score (nSPS) is 23.9. The van der Waals surface area contributed by atoms with E-state index < -0.39 is 0 Å². The lowest BCUT2D eigenvalue weighted by molar-refractivity contribution is 0.300. The first-order chi connectivity index (χ1) is 8.70. The van der Waals surface area contributed by atoms with Gasteiger partial charge in [0.1, 0.15) is 0 Å². The Bertz CT molecular complexity index is 433. The van der Waals surface area contributed by atoms with Gasteiger partial charge in [0.25, 0.3) is 5.56 Å². The molecule has 4 heteroatoms. The highest BCUT2D eigenvalue weighted by Crippen LogP contribution is 2.28. The second-order valence-corrected chi connectivity index (χ2v) is 5.37. The predicted octanol–water partition coefficient (Wildman–Crippen LogP) is 2.50. The van der Waals surface area contributed by atoms with Crippen molar-refractivity contribution in [2.24, 2.45) is 11.8 Å². The molecule has 1 aromatic rings. The van der Waals surface area contributed by atoms with Crippen LogP contribution in [0, 0.1) is 11.8 Å². The van der Waals surface area contributed by atoms with Crippen LogP contribution in [0.4, 0.5) is 5.82 Å². The van der Waals surface area contributed by atoms with E-state index in [9.17, 15) is 4.79 Å². The van der Waals surface area contributed by atoms with Crippen molar-refractivity contribution in [3.05, 3.63) is 22.7 Å². The third kappa shape index (κ3) is 3.12. The fraction of sp³-hybridized carbons (Fsp3) is 0.714. The van der Waals surface area contributed by atoms with E-state index in [1.54, 1.807) is 17.0 Å². The second kappa shape index (κ2) is 6.03. The zero-order valence-electron chi connectivity index (χ0n) is 11.4. The highest BCUT2D eigenvalue weighted by molar-refractivity contribution is 5.30. The van der Waals surface area contributed by atoms with Gasteiger partial charge in [0.2, 0.25) is 0 Å². The molecular weight excluding hydrogens is 226 g/mol. The SMILES string of the molecule is CCn1ccnc(NCC2CCC(C)CC2)c1=O. The average Bonchev–Trinajstić information content (AvgIpc) is 2.39. The zero-order chi connectivity index (χ0) is 13.0. The van der Waals surface area contributed by atoms with E-state index in [0.29, 0.717) is 18.3 Å². The number of hydrogen-bond acceptors (Lipinski definition) is 3. The zero-order valence-corrected chi connectivity index (χ0v) is 11.4. The van der Waals surface area contributed by atoms with Crippen molar-refractivity contribution in [2.75, 3.05) is 11.9 Å². The summed E-state index contributed by atoms with van der Waals surface area (Å²) in [6, 6.07) is 0. The minimum Gasteiger partial charge on any atom is -0.365 e. The molecule has 0 atom stereocenters. The molecule has 0 amide bonds.